The molecule has 2 aromatic carbocycles. The molecule has 0 unspecified atom stereocenters. The summed E-state index contributed by atoms with van der Waals surface area (Å²) in [4.78, 5) is 32.5. The molecule has 2 amide bonds. The number of aromatic nitrogens is 2. The zero-order valence-corrected chi connectivity index (χ0v) is 18.7. The van der Waals surface area contributed by atoms with Gasteiger partial charge in [0.15, 0.2) is 0 Å². The van der Waals surface area contributed by atoms with E-state index in [1.807, 2.05) is 60.4 Å². The largest absolute Gasteiger partial charge is 0.353 e. The first-order valence-corrected chi connectivity index (χ1v) is 11.7. The second-order valence-corrected chi connectivity index (χ2v) is 8.89. The second-order valence-electron chi connectivity index (χ2n) is 8.89. The van der Waals surface area contributed by atoms with Crippen molar-refractivity contribution in [2.24, 2.45) is 5.92 Å². The lowest BCUT2D eigenvalue weighted by Gasteiger charge is -2.21. The Labute approximate surface area is 193 Å². The van der Waals surface area contributed by atoms with Crippen molar-refractivity contribution in [1.82, 2.24) is 15.5 Å². The lowest BCUT2D eigenvalue weighted by atomic mass is 10.0. The molecule has 5 rings (SSSR count). The summed E-state index contributed by atoms with van der Waals surface area (Å²) in [7, 11) is 0. The van der Waals surface area contributed by atoms with Crippen LogP contribution in [0.15, 0.2) is 59.1 Å². The maximum absolute atomic E-state index is 13.5. The predicted molar refractivity (Wildman–Crippen MR) is 125 cm³/mol. The van der Waals surface area contributed by atoms with Gasteiger partial charge in [0.2, 0.25) is 23.5 Å². The van der Waals surface area contributed by atoms with E-state index < -0.39 is 0 Å². The fourth-order valence-electron chi connectivity index (χ4n) is 5.06. The molecule has 1 N–H and O–H groups in total. The van der Waals surface area contributed by atoms with E-state index in [0.717, 1.165) is 24.1 Å². The summed E-state index contributed by atoms with van der Waals surface area (Å²) in [5, 5.41) is 7.30. The minimum Gasteiger partial charge on any atom is -0.353 e. The first kappa shape index (κ1) is 21.4. The molecule has 0 bridgehead atoms. The molecule has 170 valence electrons. The molecule has 7 heteroatoms. The van der Waals surface area contributed by atoms with Gasteiger partial charge in [-0.15, -0.1) is 0 Å². The smallest absolute Gasteiger partial charge is 0.232 e. The average Bonchev–Trinajstić information content (AvgIpc) is 3.57. The van der Waals surface area contributed by atoms with Crippen molar-refractivity contribution >= 4 is 17.5 Å². The Balaban J connectivity index is 1.38. The van der Waals surface area contributed by atoms with Gasteiger partial charge in [0, 0.05) is 36.2 Å². The Morgan fingerprint density at radius 3 is 2.70 bits per heavy atom. The number of anilines is 1. The van der Waals surface area contributed by atoms with E-state index in [1.54, 1.807) is 0 Å². The van der Waals surface area contributed by atoms with Crippen LogP contribution in [0, 0.1) is 5.92 Å². The first-order valence-electron chi connectivity index (χ1n) is 11.7. The van der Waals surface area contributed by atoms with Gasteiger partial charge in [-0.25, -0.2) is 0 Å². The second kappa shape index (κ2) is 9.17. The van der Waals surface area contributed by atoms with Crippen molar-refractivity contribution in [3.8, 4) is 11.4 Å². The van der Waals surface area contributed by atoms with E-state index >= 15 is 0 Å². The summed E-state index contributed by atoms with van der Waals surface area (Å²) in [6.07, 6.45) is 3.25. The highest BCUT2D eigenvalue weighted by Crippen LogP contribution is 2.41. The molecule has 2 aliphatic rings. The number of nitrogens with zero attached hydrogens (tertiary/aromatic N) is 3. The lowest BCUT2D eigenvalue weighted by molar-refractivity contribution is -0.123. The molecule has 1 fully saturated rings. The van der Waals surface area contributed by atoms with E-state index in [9.17, 15) is 9.59 Å². The molecule has 2 heterocycles. The van der Waals surface area contributed by atoms with Crippen LogP contribution in [0.3, 0.4) is 0 Å². The van der Waals surface area contributed by atoms with Crippen LogP contribution < -0.4 is 10.2 Å². The lowest BCUT2D eigenvalue weighted by Crippen LogP contribution is -2.37. The predicted octanol–water partition coefficient (Wildman–Crippen LogP) is 4.10. The third-order valence-corrected chi connectivity index (χ3v) is 6.68. The van der Waals surface area contributed by atoms with Gasteiger partial charge in [-0.3, -0.25) is 9.59 Å². The standard InChI is InChI=1S/C26H28N4O3/c1-2-8-23(31)27-21-16-19(26(32)30-14-13-17-9-6-7-12-22(17)30)15-20(21)25-28-24(29-33-25)18-10-4-3-5-11-18/h3-7,9-12,19-21H,2,8,13-16H2,1H3,(H,27,31)/t19-,20-,21+/m1/s1. The first-order chi connectivity index (χ1) is 16.1. The Morgan fingerprint density at radius 2 is 1.88 bits per heavy atom. The highest BCUT2D eigenvalue weighted by atomic mass is 16.5. The normalized spacial score (nSPS) is 21.7. The molecule has 0 spiro atoms. The maximum atomic E-state index is 13.5. The summed E-state index contributed by atoms with van der Waals surface area (Å²) >= 11 is 0. The van der Waals surface area contributed by atoms with E-state index in [4.69, 9.17) is 4.52 Å². The van der Waals surface area contributed by atoms with Crippen LogP contribution >= 0.6 is 0 Å². The van der Waals surface area contributed by atoms with Gasteiger partial charge in [0.25, 0.3) is 0 Å². The Morgan fingerprint density at radius 1 is 1.09 bits per heavy atom. The van der Waals surface area contributed by atoms with Gasteiger partial charge >= 0.3 is 0 Å². The minimum atomic E-state index is -0.208. The molecule has 3 atom stereocenters. The van der Waals surface area contributed by atoms with Crippen LogP contribution in [0.1, 0.15) is 50.0 Å². The summed E-state index contributed by atoms with van der Waals surface area (Å²) in [5.74, 6) is 0.706. The van der Waals surface area contributed by atoms with Crippen molar-refractivity contribution in [1.29, 1.82) is 0 Å². The Kier molecular flexibility index (Phi) is 5.94. The number of carbonyl (C=O) groups is 2. The highest BCUT2D eigenvalue weighted by Gasteiger charge is 2.44. The summed E-state index contributed by atoms with van der Waals surface area (Å²) in [6.45, 7) is 2.68. The molecule has 33 heavy (non-hydrogen) atoms. The zero-order chi connectivity index (χ0) is 22.8. The number of rotatable bonds is 6. The van der Waals surface area contributed by atoms with E-state index in [0.29, 0.717) is 37.5 Å². The minimum absolute atomic E-state index is 0.00471. The van der Waals surface area contributed by atoms with Crippen LogP contribution in [0.2, 0.25) is 0 Å². The summed E-state index contributed by atoms with van der Waals surface area (Å²) in [6, 6.07) is 17.5. The number of benzene rings is 2. The van der Waals surface area contributed by atoms with Crippen molar-refractivity contribution < 1.29 is 14.1 Å². The van der Waals surface area contributed by atoms with Gasteiger partial charge in [-0.1, -0.05) is 60.6 Å². The summed E-state index contributed by atoms with van der Waals surface area (Å²) in [5.41, 5.74) is 3.08. The third-order valence-electron chi connectivity index (χ3n) is 6.68. The monoisotopic (exact) mass is 444 g/mol. The number of fused-ring (bicyclic) bond motifs is 1. The quantitative estimate of drug-likeness (QED) is 0.618. The van der Waals surface area contributed by atoms with Crippen molar-refractivity contribution in [3.63, 3.8) is 0 Å². The SMILES string of the molecule is CCCC(=O)N[C@H]1C[C@H](C(=O)N2CCc3ccccc32)C[C@H]1c1nc(-c2ccccc2)no1. The summed E-state index contributed by atoms with van der Waals surface area (Å²) < 4.78 is 5.65. The van der Waals surface area contributed by atoms with Gasteiger partial charge in [-0.2, -0.15) is 4.98 Å². The zero-order valence-electron chi connectivity index (χ0n) is 18.7. The molecule has 3 aromatic rings. The Bertz CT molecular complexity index is 1140. The molecule has 1 saturated carbocycles. The molecule has 7 nitrogen and oxygen atoms in total. The number of carbonyl (C=O) groups excluding carboxylic acids is 2. The van der Waals surface area contributed by atoms with Crippen LogP contribution in [-0.2, 0) is 16.0 Å². The third kappa shape index (κ3) is 4.27. The fourth-order valence-corrected chi connectivity index (χ4v) is 5.06. The van der Waals surface area contributed by atoms with E-state index in [2.05, 4.69) is 21.5 Å². The van der Waals surface area contributed by atoms with Crippen molar-refractivity contribution in [2.75, 3.05) is 11.4 Å². The average molecular weight is 445 g/mol. The molecular weight excluding hydrogens is 416 g/mol. The maximum Gasteiger partial charge on any atom is 0.232 e. The van der Waals surface area contributed by atoms with Gasteiger partial charge in [-0.05, 0) is 37.3 Å². The molecule has 1 aromatic heterocycles. The van der Waals surface area contributed by atoms with Crippen LogP contribution in [0.5, 0.6) is 0 Å². The van der Waals surface area contributed by atoms with Crippen molar-refractivity contribution in [3.05, 3.63) is 66.1 Å². The molecule has 0 saturated heterocycles. The number of amides is 2. The number of nitrogens with one attached hydrogen (secondary N) is 1. The van der Waals surface area contributed by atoms with Gasteiger partial charge < -0.3 is 14.7 Å². The van der Waals surface area contributed by atoms with E-state index in [-0.39, 0.29) is 29.7 Å². The Hall–Kier alpha value is -3.48. The number of para-hydroxylation sites is 1. The topological polar surface area (TPSA) is 88.3 Å². The van der Waals surface area contributed by atoms with Gasteiger partial charge in [0.1, 0.15) is 0 Å². The number of hydrogen-bond donors (Lipinski definition) is 1. The van der Waals surface area contributed by atoms with Crippen LogP contribution in [-0.4, -0.2) is 34.5 Å². The molecule has 0 radical (unpaired) electrons. The van der Waals surface area contributed by atoms with Crippen molar-refractivity contribution in [2.45, 2.75) is 51.0 Å². The van der Waals surface area contributed by atoms with E-state index in [1.165, 1.54) is 5.56 Å². The fraction of sp³-hybridized carbons (Fsp3) is 0.385. The molecule has 1 aliphatic carbocycles. The molecule has 1 aliphatic heterocycles. The van der Waals surface area contributed by atoms with Crippen LogP contribution in [0.4, 0.5) is 5.69 Å². The van der Waals surface area contributed by atoms with Crippen LogP contribution in [0.25, 0.3) is 11.4 Å². The van der Waals surface area contributed by atoms with Gasteiger partial charge in [0.05, 0.1) is 5.92 Å². The highest BCUT2D eigenvalue weighted by molar-refractivity contribution is 5.97. The molecular formula is C26H28N4O3. The number of hydrogen-bond acceptors (Lipinski definition) is 5.